The maximum absolute atomic E-state index is 12.8. The summed E-state index contributed by atoms with van der Waals surface area (Å²) in [5.41, 5.74) is 1.10. The highest BCUT2D eigenvalue weighted by Gasteiger charge is 2.41. The van der Waals surface area contributed by atoms with Gasteiger partial charge in [0, 0.05) is 32.7 Å². The van der Waals surface area contributed by atoms with Crippen molar-refractivity contribution < 1.29 is 19.1 Å². The largest absolute Gasteiger partial charge is 0.376 e. The van der Waals surface area contributed by atoms with Crippen LogP contribution in [0.3, 0.4) is 0 Å². The van der Waals surface area contributed by atoms with Crippen LogP contribution in [0, 0.1) is 12.8 Å². The molecule has 132 valence electrons. The zero-order valence-corrected chi connectivity index (χ0v) is 14.9. The summed E-state index contributed by atoms with van der Waals surface area (Å²) in [5.74, 6) is 0.144. The molecule has 0 unspecified atom stereocenters. The summed E-state index contributed by atoms with van der Waals surface area (Å²) < 4.78 is 10.8. The van der Waals surface area contributed by atoms with Gasteiger partial charge in [0.05, 0.1) is 17.0 Å². The first-order valence-electron chi connectivity index (χ1n) is 8.33. The van der Waals surface area contributed by atoms with Gasteiger partial charge in [0.2, 0.25) is 5.91 Å². The Labute approximate surface area is 146 Å². The van der Waals surface area contributed by atoms with E-state index in [1.165, 1.54) is 18.4 Å². The van der Waals surface area contributed by atoms with E-state index >= 15 is 0 Å². The Hall–Kier alpha value is -1.44. The molecule has 0 radical (unpaired) electrons. The first kappa shape index (κ1) is 17.4. The topological polar surface area (TPSA) is 67.9 Å². The molecule has 2 aliphatic rings. The molecule has 0 spiro atoms. The molecule has 1 N–H and O–H groups in total. The van der Waals surface area contributed by atoms with Gasteiger partial charge in [0.25, 0.3) is 5.91 Å². The summed E-state index contributed by atoms with van der Waals surface area (Å²) >= 11 is 1.47. The zero-order valence-electron chi connectivity index (χ0n) is 14.1. The molecule has 0 bridgehead atoms. The molecule has 24 heavy (non-hydrogen) atoms. The van der Waals surface area contributed by atoms with Gasteiger partial charge in [-0.25, -0.2) is 0 Å². The second-order valence-corrected chi connectivity index (χ2v) is 7.45. The summed E-state index contributed by atoms with van der Waals surface area (Å²) in [4.78, 5) is 27.4. The maximum atomic E-state index is 12.8. The average Bonchev–Trinajstić information content (AvgIpc) is 3.00. The molecule has 2 fully saturated rings. The van der Waals surface area contributed by atoms with Gasteiger partial charge in [-0.2, -0.15) is 0 Å². The number of methoxy groups -OCH3 is 1. The number of nitrogens with one attached hydrogen (secondary N) is 1. The lowest BCUT2D eigenvalue weighted by molar-refractivity contribution is -0.130. The van der Waals surface area contributed by atoms with Crippen LogP contribution in [-0.4, -0.2) is 62.3 Å². The van der Waals surface area contributed by atoms with Crippen molar-refractivity contribution in [2.24, 2.45) is 5.92 Å². The van der Waals surface area contributed by atoms with Crippen LogP contribution in [-0.2, 0) is 14.3 Å². The van der Waals surface area contributed by atoms with E-state index < -0.39 is 0 Å². The summed E-state index contributed by atoms with van der Waals surface area (Å²) in [6, 6.07) is 1.74. The number of rotatable bonds is 4. The van der Waals surface area contributed by atoms with Gasteiger partial charge >= 0.3 is 0 Å². The average molecular weight is 352 g/mol. The zero-order chi connectivity index (χ0) is 17.1. The van der Waals surface area contributed by atoms with Gasteiger partial charge in [0.15, 0.2) is 0 Å². The van der Waals surface area contributed by atoms with Crippen LogP contribution in [0.4, 0.5) is 0 Å². The smallest absolute Gasteiger partial charge is 0.264 e. The van der Waals surface area contributed by atoms with E-state index in [1.807, 2.05) is 23.3 Å². The molecule has 3 heterocycles. The number of fused-ring (bicyclic) bond motifs is 1. The number of piperidine rings is 1. The van der Waals surface area contributed by atoms with Gasteiger partial charge in [-0.3, -0.25) is 9.59 Å². The van der Waals surface area contributed by atoms with Crippen molar-refractivity contribution in [3.05, 3.63) is 21.9 Å². The quantitative estimate of drug-likeness (QED) is 0.890. The minimum Gasteiger partial charge on any atom is -0.376 e. The Morgan fingerprint density at radius 3 is 3.00 bits per heavy atom. The van der Waals surface area contributed by atoms with E-state index in [0.717, 1.165) is 29.9 Å². The van der Waals surface area contributed by atoms with Crippen LogP contribution in [0.2, 0.25) is 0 Å². The van der Waals surface area contributed by atoms with Crippen LogP contribution in [0.5, 0.6) is 0 Å². The minimum atomic E-state index is -0.184. The monoisotopic (exact) mass is 352 g/mol. The lowest BCUT2D eigenvalue weighted by Crippen LogP contribution is -2.62. The van der Waals surface area contributed by atoms with Crippen LogP contribution in [0.25, 0.3) is 0 Å². The Kier molecular flexibility index (Phi) is 5.53. The van der Waals surface area contributed by atoms with Crippen LogP contribution in [0.1, 0.15) is 28.1 Å². The Bertz CT molecular complexity index is 603. The van der Waals surface area contributed by atoms with Crippen molar-refractivity contribution in [1.29, 1.82) is 0 Å². The number of thiophene rings is 1. The van der Waals surface area contributed by atoms with E-state index in [-0.39, 0.29) is 36.5 Å². The predicted octanol–water partition coefficient (Wildman–Crippen LogP) is 1.44. The second-order valence-electron chi connectivity index (χ2n) is 6.54. The number of hydrogen-bond acceptors (Lipinski definition) is 5. The molecule has 3 rings (SSSR count). The fourth-order valence-corrected chi connectivity index (χ4v) is 4.44. The molecule has 0 aromatic carbocycles. The minimum absolute atomic E-state index is 0.0197. The van der Waals surface area contributed by atoms with E-state index in [0.29, 0.717) is 13.1 Å². The van der Waals surface area contributed by atoms with Crippen molar-refractivity contribution in [2.75, 3.05) is 33.4 Å². The van der Waals surface area contributed by atoms with Crippen LogP contribution < -0.4 is 5.32 Å². The Morgan fingerprint density at radius 2 is 2.29 bits per heavy atom. The van der Waals surface area contributed by atoms with Crippen molar-refractivity contribution in [3.63, 3.8) is 0 Å². The lowest BCUT2D eigenvalue weighted by atomic mass is 9.85. The van der Waals surface area contributed by atoms with Crippen molar-refractivity contribution in [1.82, 2.24) is 10.2 Å². The Morgan fingerprint density at radius 1 is 1.46 bits per heavy atom. The van der Waals surface area contributed by atoms with E-state index in [4.69, 9.17) is 9.47 Å². The first-order chi connectivity index (χ1) is 11.6. The van der Waals surface area contributed by atoms with Crippen molar-refractivity contribution in [3.8, 4) is 0 Å². The number of carbonyl (C=O) groups is 2. The SMILES string of the molecule is COCC(=O)N[C@@H]1CN(C(=O)c2cc(C)cs2)C[C@@H]2CCCO[C@@H]21. The normalized spacial score (nSPS) is 26.8. The summed E-state index contributed by atoms with van der Waals surface area (Å²) in [5, 5.41) is 4.97. The molecule has 1 aromatic heterocycles. The molecular weight excluding hydrogens is 328 g/mol. The molecule has 7 heteroatoms. The van der Waals surface area contributed by atoms with E-state index in [9.17, 15) is 9.59 Å². The number of carbonyl (C=O) groups excluding carboxylic acids is 2. The third-order valence-electron chi connectivity index (χ3n) is 4.61. The molecule has 2 saturated heterocycles. The van der Waals surface area contributed by atoms with Gasteiger partial charge in [-0.1, -0.05) is 0 Å². The molecule has 1 aromatic rings. The fourth-order valence-electron chi connectivity index (χ4n) is 3.58. The van der Waals surface area contributed by atoms with Crippen molar-refractivity contribution in [2.45, 2.75) is 31.9 Å². The van der Waals surface area contributed by atoms with Crippen LogP contribution in [0.15, 0.2) is 11.4 Å². The molecule has 2 amide bonds. The summed E-state index contributed by atoms with van der Waals surface area (Å²) in [6.07, 6.45) is 2.00. The Balaban J connectivity index is 1.74. The first-order valence-corrected chi connectivity index (χ1v) is 9.20. The standard InChI is InChI=1S/C17H24N2O4S/c1-11-6-14(24-10-11)17(21)19-7-12-4-3-5-23-16(12)13(8-19)18-15(20)9-22-2/h6,10,12-13,16H,3-5,7-9H2,1-2H3,(H,18,20)/t12-,13+,16-/m0/s1. The number of ether oxygens (including phenoxy) is 2. The van der Waals surface area contributed by atoms with Gasteiger partial charge in [0.1, 0.15) is 6.61 Å². The molecule has 3 atom stereocenters. The number of nitrogens with zero attached hydrogens (tertiary/aromatic N) is 1. The highest BCUT2D eigenvalue weighted by atomic mass is 32.1. The van der Waals surface area contributed by atoms with Gasteiger partial charge < -0.3 is 19.7 Å². The highest BCUT2D eigenvalue weighted by Crippen LogP contribution is 2.30. The molecule has 0 saturated carbocycles. The van der Waals surface area contributed by atoms with E-state index in [1.54, 1.807) is 0 Å². The second kappa shape index (κ2) is 7.63. The summed E-state index contributed by atoms with van der Waals surface area (Å²) in [7, 11) is 1.50. The number of amides is 2. The fraction of sp³-hybridized carbons (Fsp3) is 0.647. The molecule has 6 nitrogen and oxygen atoms in total. The summed E-state index contributed by atoms with van der Waals surface area (Å²) in [6.45, 7) is 3.90. The molecular formula is C17H24N2O4S. The van der Waals surface area contributed by atoms with Crippen molar-refractivity contribution >= 4 is 23.2 Å². The molecule has 2 aliphatic heterocycles. The van der Waals surface area contributed by atoms with Gasteiger partial charge in [-0.15, -0.1) is 11.3 Å². The maximum Gasteiger partial charge on any atom is 0.264 e. The lowest BCUT2D eigenvalue weighted by Gasteiger charge is -2.45. The number of aryl methyl sites for hydroxylation is 1. The van der Waals surface area contributed by atoms with Crippen LogP contribution >= 0.6 is 11.3 Å². The highest BCUT2D eigenvalue weighted by molar-refractivity contribution is 7.12. The number of hydrogen-bond donors (Lipinski definition) is 1. The van der Waals surface area contributed by atoms with E-state index in [2.05, 4.69) is 5.32 Å². The number of likely N-dealkylation sites (tertiary alicyclic amines) is 1. The third-order valence-corrected chi connectivity index (χ3v) is 5.65. The van der Waals surface area contributed by atoms with Gasteiger partial charge in [-0.05, 0) is 36.8 Å². The molecule has 0 aliphatic carbocycles. The predicted molar refractivity (Wildman–Crippen MR) is 91.2 cm³/mol. The third kappa shape index (κ3) is 3.79.